The number of halogens is 6. The van der Waals surface area contributed by atoms with Crippen LogP contribution in [0.5, 0.6) is 5.75 Å². The number of hydrogen-bond acceptors (Lipinski definition) is 5. The summed E-state index contributed by atoms with van der Waals surface area (Å²) in [5.74, 6) is -3.72. The van der Waals surface area contributed by atoms with Crippen LogP contribution in [0.3, 0.4) is 0 Å². The van der Waals surface area contributed by atoms with Gasteiger partial charge in [0.05, 0.1) is 16.8 Å². The van der Waals surface area contributed by atoms with Crippen molar-refractivity contribution in [2.45, 2.75) is 26.2 Å². The van der Waals surface area contributed by atoms with Crippen LogP contribution in [0, 0.1) is 13.8 Å². The van der Waals surface area contributed by atoms with Gasteiger partial charge in [-0.15, -0.1) is 0 Å². The number of aromatic amines is 2. The molecule has 14 heteroatoms. The predicted molar refractivity (Wildman–Crippen MR) is 136 cm³/mol. The summed E-state index contributed by atoms with van der Waals surface area (Å²) in [6, 6.07) is 8.83. The van der Waals surface area contributed by atoms with Crippen molar-refractivity contribution in [1.29, 1.82) is 0 Å². The Morgan fingerprint density at radius 2 is 1.29 bits per heavy atom. The lowest BCUT2D eigenvalue weighted by Gasteiger charge is -2.16. The van der Waals surface area contributed by atoms with Gasteiger partial charge in [-0.1, -0.05) is 24.3 Å². The highest BCUT2D eigenvalue weighted by atomic mass is 19.4. The molecule has 0 aliphatic carbocycles. The summed E-state index contributed by atoms with van der Waals surface area (Å²) in [5.41, 5.74) is -7.12. The second kappa shape index (κ2) is 10.7. The molecule has 0 unspecified atom stereocenters. The first-order valence-corrected chi connectivity index (χ1v) is 11.8. The molecule has 4 rings (SSSR count). The summed E-state index contributed by atoms with van der Waals surface area (Å²) >= 11 is 0. The molecule has 0 atom stereocenters. The smallest absolute Gasteiger partial charge is 0.416 e. The standard InChI is InChI=1S/C28H18F6N2O6/c1-12-9-18(14-5-3-7-16(10-14)27(29,30)31)35-23(37)19(12)26(41)42-22-13(2)20(25(39)40)24(38)36-21(22)15-6-4-8-17(11-15)28(32,33)34/h3-11H,1-2H3,(H,35,37)(H,36,38)(H,39,40). The van der Waals surface area contributed by atoms with Crippen molar-refractivity contribution in [2.24, 2.45) is 0 Å². The van der Waals surface area contributed by atoms with Crippen LogP contribution < -0.4 is 15.9 Å². The van der Waals surface area contributed by atoms with Gasteiger partial charge in [-0.25, -0.2) is 9.59 Å². The molecule has 4 aromatic rings. The first-order chi connectivity index (χ1) is 19.5. The molecule has 0 aliphatic heterocycles. The van der Waals surface area contributed by atoms with Crippen molar-refractivity contribution in [3.05, 3.63) is 109 Å². The zero-order chi connectivity index (χ0) is 31.1. The van der Waals surface area contributed by atoms with Gasteiger partial charge in [0.1, 0.15) is 11.1 Å². The van der Waals surface area contributed by atoms with Gasteiger partial charge < -0.3 is 19.8 Å². The number of nitrogens with one attached hydrogen (secondary N) is 2. The molecule has 2 heterocycles. The van der Waals surface area contributed by atoms with Crippen LogP contribution in [0.15, 0.2) is 64.2 Å². The normalized spacial score (nSPS) is 11.8. The molecule has 2 aromatic heterocycles. The first-order valence-electron chi connectivity index (χ1n) is 11.8. The molecule has 8 nitrogen and oxygen atoms in total. The van der Waals surface area contributed by atoms with E-state index in [9.17, 15) is 50.6 Å². The van der Waals surface area contributed by atoms with Crippen LogP contribution in [-0.4, -0.2) is 27.0 Å². The Kier molecular flexibility index (Phi) is 7.59. The molecular formula is C28H18F6N2O6. The number of aromatic carboxylic acids is 1. The van der Waals surface area contributed by atoms with Gasteiger partial charge in [0.15, 0.2) is 5.75 Å². The average molecular weight is 592 g/mol. The number of ether oxygens (including phenoxy) is 1. The van der Waals surface area contributed by atoms with E-state index in [4.69, 9.17) is 4.74 Å². The minimum Gasteiger partial charge on any atom is -0.477 e. The average Bonchev–Trinajstić information content (AvgIpc) is 2.88. The highest BCUT2D eigenvalue weighted by Gasteiger charge is 2.32. The van der Waals surface area contributed by atoms with E-state index < -0.39 is 74.7 Å². The number of aromatic nitrogens is 2. The van der Waals surface area contributed by atoms with Crippen LogP contribution in [0.4, 0.5) is 26.3 Å². The number of esters is 1. The maximum atomic E-state index is 13.3. The molecule has 42 heavy (non-hydrogen) atoms. The number of carboxylic acid groups (broad SMARTS) is 1. The number of benzene rings is 2. The number of alkyl halides is 6. The molecule has 0 radical (unpaired) electrons. The third kappa shape index (κ3) is 5.82. The Labute approximate surface area is 231 Å². The monoisotopic (exact) mass is 592 g/mol. The fourth-order valence-corrected chi connectivity index (χ4v) is 4.25. The van der Waals surface area contributed by atoms with E-state index in [-0.39, 0.29) is 22.4 Å². The molecular weight excluding hydrogens is 574 g/mol. The molecule has 0 amide bonds. The van der Waals surface area contributed by atoms with Crippen molar-refractivity contribution in [3.8, 4) is 28.3 Å². The fourth-order valence-electron chi connectivity index (χ4n) is 4.25. The maximum Gasteiger partial charge on any atom is 0.416 e. The Balaban J connectivity index is 1.83. The number of rotatable bonds is 5. The summed E-state index contributed by atoms with van der Waals surface area (Å²) in [6.07, 6.45) is -9.44. The Bertz CT molecular complexity index is 1850. The SMILES string of the molecule is Cc1cc(-c2cccc(C(F)(F)F)c2)[nH]c(=O)c1C(=O)Oc1c(-c2cccc(C(F)(F)F)c2)[nH]c(=O)c(C(=O)O)c1C. The van der Waals surface area contributed by atoms with Crippen molar-refractivity contribution >= 4 is 11.9 Å². The molecule has 0 spiro atoms. The summed E-state index contributed by atoms with van der Waals surface area (Å²) in [6.45, 7) is 2.38. The minimum atomic E-state index is -4.78. The summed E-state index contributed by atoms with van der Waals surface area (Å²) in [4.78, 5) is 54.8. The van der Waals surface area contributed by atoms with Gasteiger partial charge in [0.25, 0.3) is 11.1 Å². The molecule has 0 aliphatic rings. The van der Waals surface area contributed by atoms with E-state index in [0.717, 1.165) is 43.3 Å². The van der Waals surface area contributed by atoms with E-state index in [0.29, 0.717) is 6.07 Å². The van der Waals surface area contributed by atoms with Gasteiger partial charge in [0.2, 0.25) is 0 Å². The zero-order valence-corrected chi connectivity index (χ0v) is 21.5. The Morgan fingerprint density at radius 3 is 1.81 bits per heavy atom. The number of carbonyl (C=O) groups excluding carboxylic acids is 1. The number of aryl methyl sites for hydroxylation is 1. The minimum absolute atomic E-state index is 0.0145. The predicted octanol–water partition coefficient (Wildman–Crippen LogP) is 5.97. The number of carbonyl (C=O) groups is 2. The number of hydrogen-bond donors (Lipinski definition) is 3. The fraction of sp³-hybridized carbons (Fsp3) is 0.143. The van der Waals surface area contributed by atoms with E-state index in [1.807, 2.05) is 0 Å². The van der Waals surface area contributed by atoms with E-state index in [2.05, 4.69) is 9.97 Å². The molecule has 0 fully saturated rings. The van der Waals surface area contributed by atoms with Crippen LogP contribution >= 0.6 is 0 Å². The Hall–Kier alpha value is -5.14. The molecule has 0 bridgehead atoms. The number of pyridine rings is 2. The third-order valence-corrected chi connectivity index (χ3v) is 6.23. The van der Waals surface area contributed by atoms with Crippen LogP contribution in [-0.2, 0) is 12.4 Å². The lowest BCUT2D eigenvalue weighted by atomic mass is 10.0. The third-order valence-electron chi connectivity index (χ3n) is 6.23. The second-order valence-electron chi connectivity index (χ2n) is 9.08. The van der Waals surface area contributed by atoms with Crippen molar-refractivity contribution in [1.82, 2.24) is 9.97 Å². The Morgan fingerprint density at radius 1 is 0.762 bits per heavy atom. The first kappa shape index (κ1) is 29.8. The zero-order valence-electron chi connectivity index (χ0n) is 21.5. The van der Waals surface area contributed by atoms with Crippen LogP contribution in [0.1, 0.15) is 43.0 Å². The van der Waals surface area contributed by atoms with Crippen molar-refractivity contribution < 1.29 is 45.8 Å². The van der Waals surface area contributed by atoms with Gasteiger partial charge in [-0.3, -0.25) is 9.59 Å². The van der Waals surface area contributed by atoms with E-state index in [1.54, 1.807) is 0 Å². The van der Waals surface area contributed by atoms with Gasteiger partial charge in [-0.2, -0.15) is 26.3 Å². The van der Waals surface area contributed by atoms with Crippen LogP contribution in [0.25, 0.3) is 22.5 Å². The lowest BCUT2D eigenvalue weighted by Crippen LogP contribution is -2.26. The van der Waals surface area contributed by atoms with Gasteiger partial charge in [0, 0.05) is 16.8 Å². The van der Waals surface area contributed by atoms with E-state index in [1.165, 1.54) is 19.1 Å². The van der Waals surface area contributed by atoms with E-state index >= 15 is 0 Å². The number of H-pyrrole nitrogens is 2. The molecule has 0 saturated heterocycles. The summed E-state index contributed by atoms with van der Waals surface area (Å²) < 4.78 is 84.8. The molecule has 0 saturated carbocycles. The van der Waals surface area contributed by atoms with Crippen molar-refractivity contribution in [3.63, 3.8) is 0 Å². The van der Waals surface area contributed by atoms with Gasteiger partial charge >= 0.3 is 24.3 Å². The highest BCUT2D eigenvalue weighted by Crippen LogP contribution is 2.36. The highest BCUT2D eigenvalue weighted by molar-refractivity contribution is 5.95. The molecule has 2 aromatic carbocycles. The summed E-state index contributed by atoms with van der Waals surface area (Å²) in [5, 5.41) is 9.50. The lowest BCUT2D eigenvalue weighted by molar-refractivity contribution is -0.138. The second-order valence-corrected chi connectivity index (χ2v) is 9.08. The topological polar surface area (TPSA) is 129 Å². The summed E-state index contributed by atoms with van der Waals surface area (Å²) in [7, 11) is 0. The van der Waals surface area contributed by atoms with Crippen molar-refractivity contribution in [2.75, 3.05) is 0 Å². The van der Waals surface area contributed by atoms with Gasteiger partial charge in [-0.05, 0) is 55.3 Å². The maximum absolute atomic E-state index is 13.3. The number of carboxylic acids is 1. The quantitative estimate of drug-likeness (QED) is 0.194. The van der Waals surface area contributed by atoms with Crippen LogP contribution in [0.2, 0.25) is 0 Å². The largest absolute Gasteiger partial charge is 0.477 e. The molecule has 218 valence electrons. The molecule has 3 N–H and O–H groups in total.